The first kappa shape index (κ1) is 15.1. The summed E-state index contributed by atoms with van der Waals surface area (Å²) in [4.78, 5) is 23.0. The number of Topliss-reactive ketones (excluding diaryl/α,β-unsaturated/α-hetero) is 1. The van der Waals surface area contributed by atoms with Crippen LogP contribution in [0.4, 0.5) is 5.69 Å². The van der Waals surface area contributed by atoms with E-state index in [0.717, 1.165) is 0 Å². The molecule has 0 saturated carbocycles. The maximum atomic E-state index is 11.6. The fourth-order valence-electron chi connectivity index (χ4n) is 1.38. The fourth-order valence-corrected chi connectivity index (χ4v) is 1.38. The molecule has 6 nitrogen and oxygen atoms in total. The van der Waals surface area contributed by atoms with E-state index in [1.807, 2.05) is 0 Å². The Morgan fingerprint density at radius 2 is 2.15 bits per heavy atom. The highest BCUT2D eigenvalue weighted by molar-refractivity contribution is 6.45. The summed E-state index contributed by atoms with van der Waals surface area (Å²) < 4.78 is 0. The zero-order valence-corrected chi connectivity index (χ0v) is 11.0. The van der Waals surface area contributed by atoms with Crippen LogP contribution >= 0.6 is 0 Å². The number of ketones is 1. The molecule has 0 spiro atoms. The minimum atomic E-state index is -0.611. The van der Waals surface area contributed by atoms with Crippen molar-refractivity contribution in [2.45, 2.75) is 6.92 Å². The van der Waals surface area contributed by atoms with Crippen molar-refractivity contribution in [1.82, 2.24) is 5.32 Å². The van der Waals surface area contributed by atoms with E-state index >= 15 is 0 Å². The topological polar surface area (TPSA) is 94.3 Å². The van der Waals surface area contributed by atoms with Gasteiger partial charge in [0.05, 0.1) is 5.69 Å². The molecular formula is C14H14N4O2. The van der Waals surface area contributed by atoms with Crippen LogP contribution in [0.15, 0.2) is 42.0 Å². The minimum Gasteiger partial charge on any atom is -0.347 e. The third-order valence-corrected chi connectivity index (χ3v) is 2.32. The molecule has 0 heterocycles. The van der Waals surface area contributed by atoms with Crippen LogP contribution in [-0.4, -0.2) is 23.9 Å². The number of benzene rings is 1. The number of carbonyl (C=O) groups is 2. The van der Waals surface area contributed by atoms with Gasteiger partial charge in [-0.2, -0.15) is 10.4 Å². The first-order valence-electron chi connectivity index (χ1n) is 5.83. The Labute approximate surface area is 116 Å². The van der Waals surface area contributed by atoms with Gasteiger partial charge in [-0.25, -0.2) is 0 Å². The molecule has 1 rings (SSSR count). The van der Waals surface area contributed by atoms with Gasteiger partial charge in [0, 0.05) is 12.1 Å². The monoisotopic (exact) mass is 270 g/mol. The summed E-state index contributed by atoms with van der Waals surface area (Å²) in [5, 5.41) is 15.0. The van der Waals surface area contributed by atoms with E-state index in [4.69, 9.17) is 5.26 Å². The van der Waals surface area contributed by atoms with Gasteiger partial charge in [-0.1, -0.05) is 18.2 Å². The molecule has 0 radical (unpaired) electrons. The summed E-state index contributed by atoms with van der Waals surface area (Å²) in [6, 6.07) is 8.38. The second-order valence-electron chi connectivity index (χ2n) is 3.78. The molecule has 0 aliphatic heterocycles. The van der Waals surface area contributed by atoms with Crippen molar-refractivity contribution in [3.63, 3.8) is 0 Å². The standard InChI is InChI=1S/C14H14N4O2/c1-3-8-16-14(20)13(9-15)18-17-12-7-5-4-6-11(12)10(2)19/h3-7,17H,1,8H2,2H3,(H,16,20)/b18-13-. The third kappa shape index (κ3) is 4.07. The van der Waals surface area contributed by atoms with E-state index in [9.17, 15) is 9.59 Å². The second kappa shape index (κ2) is 7.48. The molecule has 1 amide bonds. The highest BCUT2D eigenvalue weighted by Gasteiger charge is 2.10. The molecule has 0 saturated heterocycles. The molecule has 0 fully saturated rings. The van der Waals surface area contributed by atoms with Crippen LogP contribution in [0.2, 0.25) is 0 Å². The van der Waals surface area contributed by atoms with E-state index in [1.54, 1.807) is 30.3 Å². The van der Waals surface area contributed by atoms with Gasteiger partial charge >= 0.3 is 0 Å². The number of nitriles is 1. The van der Waals surface area contributed by atoms with Gasteiger partial charge in [-0.3, -0.25) is 15.0 Å². The third-order valence-electron chi connectivity index (χ3n) is 2.32. The molecule has 20 heavy (non-hydrogen) atoms. The second-order valence-corrected chi connectivity index (χ2v) is 3.78. The molecule has 0 aromatic heterocycles. The lowest BCUT2D eigenvalue weighted by Crippen LogP contribution is -2.30. The highest BCUT2D eigenvalue weighted by atomic mass is 16.2. The molecule has 1 aromatic rings. The summed E-state index contributed by atoms with van der Waals surface area (Å²) in [5.74, 6) is -0.752. The Kier molecular flexibility index (Phi) is 5.66. The Balaban J connectivity index is 2.90. The zero-order chi connectivity index (χ0) is 15.0. The van der Waals surface area contributed by atoms with E-state index in [1.165, 1.54) is 13.0 Å². The number of para-hydroxylation sites is 1. The summed E-state index contributed by atoms with van der Waals surface area (Å²) >= 11 is 0. The van der Waals surface area contributed by atoms with Gasteiger partial charge in [0.2, 0.25) is 5.71 Å². The number of carbonyl (C=O) groups excluding carboxylic acids is 2. The predicted molar refractivity (Wildman–Crippen MR) is 76.3 cm³/mol. The number of anilines is 1. The quantitative estimate of drug-likeness (QED) is 0.354. The number of rotatable bonds is 6. The number of nitrogens with one attached hydrogen (secondary N) is 2. The van der Waals surface area contributed by atoms with Crippen LogP contribution in [0.1, 0.15) is 17.3 Å². The molecule has 2 N–H and O–H groups in total. The Bertz CT molecular complexity index is 599. The maximum Gasteiger partial charge on any atom is 0.282 e. The fraction of sp³-hybridized carbons (Fsp3) is 0.143. The van der Waals surface area contributed by atoms with E-state index in [-0.39, 0.29) is 18.0 Å². The normalized spacial score (nSPS) is 10.3. The number of hydrazone groups is 1. The van der Waals surface area contributed by atoms with Crippen molar-refractivity contribution in [3.05, 3.63) is 42.5 Å². The van der Waals surface area contributed by atoms with Gasteiger partial charge in [0.15, 0.2) is 5.78 Å². The van der Waals surface area contributed by atoms with Crippen molar-refractivity contribution in [1.29, 1.82) is 5.26 Å². The van der Waals surface area contributed by atoms with Crippen molar-refractivity contribution < 1.29 is 9.59 Å². The molecule has 0 aliphatic rings. The van der Waals surface area contributed by atoms with Crippen molar-refractivity contribution in [2.24, 2.45) is 5.10 Å². The van der Waals surface area contributed by atoms with E-state index in [2.05, 4.69) is 22.4 Å². The Morgan fingerprint density at radius 1 is 1.45 bits per heavy atom. The number of nitrogens with zero attached hydrogens (tertiary/aromatic N) is 2. The van der Waals surface area contributed by atoms with Crippen molar-refractivity contribution in [3.8, 4) is 6.07 Å². The largest absolute Gasteiger partial charge is 0.347 e. The summed E-state index contributed by atoms with van der Waals surface area (Å²) in [7, 11) is 0. The highest BCUT2D eigenvalue weighted by Crippen LogP contribution is 2.15. The first-order valence-corrected chi connectivity index (χ1v) is 5.83. The Hall–Kier alpha value is -2.94. The molecule has 1 aromatic carbocycles. The lowest BCUT2D eigenvalue weighted by Gasteiger charge is -2.06. The van der Waals surface area contributed by atoms with Crippen LogP contribution in [0.5, 0.6) is 0 Å². The molecular weight excluding hydrogens is 256 g/mol. The molecule has 102 valence electrons. The Morgan fingerprint density at radius 3 is 2.75 bits per heavy atom. The number of hydrogen-bond acceptors (Lipinski definition) is 5. The molecule has 0 bridgehead atoms. The van der Waals surface area contributed by atoms with Crippen molar-refractivity contribution >= 4 is 23.1 Å². The van der Waals surface area contributed by atoms with Gasteiger partial charge in [-0.05, 0) is 19.1 Å². The molecule has 0 unspecified atom stereocenters. The van der Waals surface area contributed by atoms with Crippen LogP contribution in [0.25, 0.3) is 0 Å². The molecule has 6 heteroatoms. The average Bonchev–Trinajstić information content (AvgIpc) is 2.45. The molecule has 0 atom stereocenters. The summed E-state index contributed by atoms with van der Waals surface area (Å²) in [5.41, 5.74) is 3.10. The molecule has 0 aliphatic carbocycles. The number of amides is 1. The van der Waals surface area contributed by atoms with E-state index in [0.29, 0.717) is 11.3 Å². The van der Waals surface area contributed by atoms with Crippen LogP contribution in [-0.2, 0) is 4.79 Å². The summed E-state index contributed by atoms with van der Waals surface area (Å²) in [6.07, 6.45) is 1.49. The van der Waals surface area contributed by atoms with Gasteiger partial charge in [-0.15, -0.1) is 6.58 Å². The SMILES string of the molecule is C=CCNC(=O)/C(C#N)=N\Nc1ccccc1C(C)=O. The lowest BCUT2D eigenvalue weighted by atomic mass is 10.1. The van der Waals surface area contributed by atoms with Gasteiger partial charge < -0.3 is 5.32 Å². The number of hydrogen-bond donors (Lipinski definition) is 2. The van der Waals surface area contributed by atoms with Gasteiger partial charge in [0.1, 0.15) is 6.07 Å². The first-order chi connectivity index (χ1) is 9.60. The van der Waals surface area contributed by atoms with Crippen LogP contribution < -0.4 is 10.7 Å². The average molecular weight is 270 g/mol. The maximum absolute atomic E-state index is 11.6. The van der Waals surface area contributed by atoms with E-state index < -0.39 is 5.91 Å². The van der Waals surface area contributed by atoms with Crippen molar-refractivity contribution in [2.75, 3.05) is 12.0 Å². The van der Waals surface area contributed by atoms with Gasteiger partial charge in [0.25, 0.3) is 5.91 Å². The summed E-state index contributed by atoms with van der Waals surface area (Å²) in [6.45, 7) is 5.11. The van der Waals surface area contributed by atoms with Crippen LogP contribution in [0.3, 0.4) is 0 Å². The lowest BCUT2D eigenvalue weighted by molar-refractivity contribution is -0.114. The predicted octanol–water partition coefficient (Wildman–Crippen LogP) is 1.48. The smallest absolute Gasteiger partial charge is 0.282 e. The zero-order valence-electron chi connectivity index (χ0n) is 11.0. The van der Waals surface area contributed by atoms with Crippen LogP contribution in [0, 0.1) is 11.3 Å². The minimum absolute atomic E-state index is 0.141.